The number of nitrogens with zero attached hydrogens (tertiary/aromatic N) is 1. The van der Waals surface area contributed by atoms with E-state index in [0.29, 0.717) is 0 Å². The Labute approximate surface area is 115 Å². The normalized spacial score (nSPS) is 24.7. The van der Waals surface area contributed by atoms with Crippen LogP contribution in [-0.2, 0) is 4.74 Å². The summed E-state index contributed by atoms with van der Waals surface area (Å²) in [5, 5.41) is 10.3. The molecule has 3 nitrogen and oxygen atoms in total. The Kier molecular flexibility index (Phi) is 3.87. The van der Waals surface area contributed by atoms with E-state index in [9.17, 15) is 5.11 Å². The predicted molar refractivity (Wildman–Crippen MR) is 75.0 cm³/mol. The zero-order valence-corrected chi connectivity index (χ0v) is 11.4. The summed E-state index contributed by atoms with van der Waals surface area (Å²) < 4.78 is 6.02. The van der Waals surface area contributed by atoms with Crippen LogP contribution in [0.4, 0.5) is 0 Å². The SMILES string of the molecule is O[C@@H](CN1CCOC2(CCCC2)C1)c1ccccc1. The van der Waals surface area contributed by atoms with Crippen LogP contribution in [0, 0.1) is 0 Å². The van der Waals surface area contributed by atoms with E-state index in [1.807, 2.05) is 30.3 Å². The molecule has 1 aromatic carbocycles. The molecule has 1 atom stereocenters. The number of benzene rings is 1. The van der Waals surface area contributed by atoms with Crippen LogP contribution in [-0.4, -0.2) is 41.8 Å². The smallest absolute Gasteiger partial charge is 0.0916 e. The molecule has 0 unspecified atom stereocenters. The zero-order valence-electron chi connectivity index (χ0n) is 11.4. The van der Waals surface area contributed by atoms with Crippen LogP contribution in [0.3, 0.4) is 0 Å². The molecular formula is C16H23NO2. The van der Waals surface area contributed by atoms with Gasteiger partial charge in [-0.1, -0.05) is 43.2 Å². The van der Waals surface area contributed by atoms with Gasteiger partial charge < -0.3 is 9.84 Å². The molecule has 2 aliphatic rings. The number of rotatable bonds is 3. The van der Waals surface area contributed by atoms with Crippen molar-refractivity contribution >= 4 is 0 Å². The van der Waals surface area contributed by atoms with Crippen molar-refractivity contribution in [2.75, 3.05) is 26.2 Å². The average Bonchev–Trinajstić information content (AvgIpc) is 2.88. The van der Waals surface area contributed by atoms with Gasteiger partial charge in [0.15, 0.2) is 0 Å². The van der Waals surface area contributed by atoms with E-state index in [-0.39, 0.29) is 5.60 Å². The summed E-state index contributed by atoms with van der Waals surface area (Å²) in [6, 6.07) is 9.94. The monoisotopic (exact) mass is 261 g/mol. The van der Waals surface area contributed by atoms with Crippen molar-refractivity contribution in [1.82, 2.24) is 4.90 Å². The van der Waals surface area contributed by atoms with Crippen molar-refractivity contribution in [3.63, 3.8) is 0 Å². The van der Waals surface area contributed by atoms with Gasteiger partial charge in [0, 0.05) is 19.6 Å². The van der Waals surface area contributed by atoms with Crippen molar-refractivity contribution in [2.45, 2.75) is 37.4 Å². The largest absolute Gasteiger partial charge is 0.387 e. The zero-order chi connectivity index (χ0) is 13.1. The van der Waals surface area contributed by atoms with E-state index in [1.54, 1.807) is 0 Å². The molecule has 3 heteroatoms. The molecule has 1 spiro atoms. The molecule has 2 fully saturated rings. The fraction of sp³-hybridized carbons (Fsp3) is 0.625. The van der Waals surface area contributed by atoms with Gasteiger partial charge in [-0.2, -0.15) is 0 Å². The minimum Gasteiger partial charge on any atom is -0.387 e. The molecule has 1 N–H and O–H groups in total. The first-order valence-electron chi connectivity index (χ1n) is 7.37. The highest BCUT2D eigenvalue weighted by molar-refractivity contribution is 5.17. The van der Waals surface area contributed by atoms with Crippen molar-refractivity contribution in [2.24, 2.45) is 0 Å². The maximum absolute atomic E-state index is 10.3. The summed E-state index contributed by atoms with van der Waals surface area (Å²) in [6.45, 7) is 3.44. The fourth-order valence-corrected chi connectivity index (χ4v) is 3.43. The Morgan fingerprint density at radius 2 is 1.95 bits per heavy atom. The lowest BCUT2D eigenvalue weighted by Crippen LogP contribution is -2.51. The molecule has 0 aromatic heterocycles. The summed E-state index contributed by atoms with van der Waals surface area (Å²) in [7, 11) is 0. The summed E-state index contributed by atoms with van der Waals surface area (Å²) in [4.78, 5) is 2.37. The number of hydrogen-bond acceptors (Lipinski definition) is 3. The molecule has 1 aliphatic carbocycles. The first-order valence-corrected chi connectivity index (χ1v) is 7.37. The highest BCUT2D eigenvalue weighted by Crippen LogP contribution is 2.36. The third-order valence-corrected chi connectivity index (χ3v) is 4.46. The second-order valence-electron chi connectivity index (χ2n) is 5.90. The van der Waals surface area contributed by atoms with Gasteiger partial charge in [0.2, 0.25) is 0 Å². The number of hydrogen-bond donors (Lipinski definition) is 1. The molecule has 1 saturated carbocycles. The molecule has 1 aromatic rings. The summed E-state index contributed by atoms with van der Waals surface area (Å²) >= 11 is 0. The Hall–Kier alpha value is -0.900. The lowest BCUT2D eigenvalue weighted by atomic mass is 9.99. The fourth-order valence-electron chi connectivity index (χ4n) is 3.43. The number of morpholine rings is 1. The second kappa shape index (κ2) is 5.61. The minimum atomic E-state index is -0.391. The maximum atomic E-state index is 10.3. The molecule has 104 valence electrons. The quantitative estimate of drug-likeness (QED) is 0.906. The van der Waals surface area contributed by atoms with Gasteiger partial charge in [0.1, 0.15) is 0 Å². The van der Waals surface area contributed by atoms with Gasteiger partial charge >= 0.3 is 0 Å². The molecule has 0 bridgehead atoms. The van der Waals surface area contributed by atoms with Crippen molar-refractivity contribution in [3.05, 3.63) is 35.9 Å². The Bertz CT molecular complexity index is 400. The number of ether oxygens (including phenoxy) is 1. The Balaban J connectivity index is 1.60. The van der Waals surface area contributed by atoms with E-state index in [4.69, 9.17) is 4.74 Å². The molecule has 0 amide bonds. The van der Waals surface area contributed by atoms with Crippen molar-refractivity contribution in [3.8, 4) is 0 Å². The van der Waals surface area contributed by atoms with Crippen molar-refractivity contribution in [1.29, 1.82) is 0 Å². The Morgan fingerprint density at radius 1 is 1.21 bits per heavy atom. The van der Waals surface area contributed by atoms with Gasteiger partial charge in [0.25, 0.3) is 0 Å². The molecule has 0 radical (unpaired) electrons. The van der Waals surface area contributed by atoms with Crippen LogP contribution in [0.2, 0.25) is 0 Å². The standard InChI is InChI=1S/C16H23NO2/c18-15(14-6-2-1-3-7-14)12-17-10-11-19-16(13-17)8-4-5-9-16/h1-3,6-7,15,18H,4-5,8-13H2/t15-/m0/s1. The van der Waals surface area contributed by atoms with Gasteiger partial charge in [-0.05, 0) is 18.4 Å². The van der Waals surface area contributed by atoms with E-state index in [1.165, 1.54) is 25.7 Å². The average molecular weight is 261 g/mol. The minimum absolute atomic E-state index is 0.0919. The van der Waals surface area contributed by atoms with Gasteiger partial charge in [0.05, 0.1) is 18.3 Å². The topological polar surface area (TPSA) is 32.7 Å². The van der Waals surface area contributed by atoms with E-state index < -0.39 is 6.10 Å². The van der Waals surface area contributed by atoms with Gasteiger partial charge in [-0.15, -0.1) is 0 Å². The first-order chi connectivity index (χ1) is 9.27. The maximum Gasteiger partial charge on any atom is 0.0916 e. The molecule has 3 rings (SSSR count). The highest BCUT2D eigenvalue weighted by Gasteiger charge is 2.39. The van der Waals surface area contributed by atoms with Crippen LogP contribution in [0.1, 0.15) is 37.4 Å². The number of β-amino-alcohol motifs (C(OH)–C–C–N with tert-alkyl or cyclic N) is 1. The first kappa shape index (κ1) is 13.1. The van der Waals surface area contributed by atoms with Gasteiger partial charge in [-0.3, -0.25) is 4.90 Å². The molecule has 1 saturated heterocycles. The van der Waals surface area contributed by atoms with Crippen LogP contribution in [0.15, 0.2) is 30.3 Å². The number of aliphatic hydroxyl groups excluding tert-OH is 1. The molecule has 1 aliphatic heterocycles. The van der Waals surface area contributed by atoms with Crippen LogP contribution >= 0.6 is 0 Å². The molecule has 1 heterocycles. The van der Waals surface area contributed by atoms with Gasteiger partial charge in [-0.25, -0.2) is 0 Å². The van der Waals surface area contributed by atoms with Crippen molar-refractivity contribution < 1.29 is 9.84 Å². The third-order valence-electron chi connectivity index (χ3n) is 4.46. The van der Waals surface area contributed by atoms with E-state index in [2.05, 4.69) is 4.90 Å². The number of aliphatic hydroxyl groups is 1. The molecule has 19 heavy (non-hydrogen) atoms. The van der Waals surface area contributed by atoms with Crippen LogP contribution in [0.5, 0.6) is 0 Å². The predicted octanol–water partition coefficient (Wildman–Crippen LogP) is 2.37. The highest BCUT2D eigenvalue weighted by atomic mass is 16.5. The third kappa shape index (κ3) is 2.99. The Morgan fingerprint density at radius 3 is 2.68 bits per heavy atom. The lowest BCUT2D eigenvalue weighted by Gasteiger charge is -2.41. The van der Waals surface area contributed by atoms with Crippen LogP contribution < -0.4 is 0 Å². The second-order valence-corrected chi connectivity index (χ2v) is 5.90. The summed E-state index contributed by atoms with van der Waals surface area (Å²) in [5.41, 5.74) is 1.10. The summed E-state index contributed by atoms with van der Waals surface area (Å²) in [6.07, 6.45) is 4.55. The summed E-state index contributed by atoms with van der Waals surface area (Å²) in [5.74, 6) is 0. The van der Waals surface area contributed by atoms with Crippen LogP contribution in [0.25, 0.3) is 0 Å². The lowest BCUT2D eigenvalue weighted by molar-refractivity contribution is -0.111. The van der Waals surface area contributed by atoms with E-state index >= 15 is 0 Å². The van der Waals surface area contributed by atoms with E-state index in [0.717, 1.165) is 31.8 Å². The molecular weight excluding hydrogens is 238 g/mol.